The molecule has 29 heavy (non-hydrogen) atoms. The standard InChI is InChI=1S/C22H31N3O2.2ClH/c1-4-25(5-2)14-15-27-20-12-8-18(9-13-20)16-24-22(26)21(23)19-10-6-17(3)7-11-19;;/h6-13,21H,4-5,14-16,23H2,1-3H3,(H,24,26);2*1H. The molecule has 0 spiro atoms. The first-order valence-electron chi connectivity index (χ1n) is 9.57. The molecule has 0 bridgehead atoms. The molecule has 0 aliphatic heterocycles. The molecule has 0 saturated carbocycles. The molecule has 162 valence electrons. The maximum Gasteiger partial charge on any atom is 0.241 e. The van der Waals surface area contributed by atoms with Crippen molar-refractivity contribution in [3.63, 3.8) is 0 Å². The summed E-state index contributed by atoms with van der Waals surface area (Å²) in [4.78, 5) is 14.6. The predicted octanol–water partition coefficient (Wildman–Crippen LogP) is 3.88. The van der Waals surface area contributed by atoms with Crippen molar-refractivity contribution in [3.8, 4) is 5.75 Å². The van der Waals surface area contributed by atoms with E-state index in [4.69, 9.17) is 10.5 Å². The van der Waals surface area contributed by atoms with Crippen molar-refractivity contribution in [1.82, 2.24) is 10.2 Å². The van der Waals surface area contributed by atoms with Gasteiger partial charge in [0.1, 0.15) is 18.4 Å². The fourth-order valence-corrected chi connectivity index (χ4v) is 2.76. The molecular formula is C22H33Cl2N3O2. The second kappa shape index (κ2) is 14.2. The van der Waals surface area contributed by atoms with E-state index >= 15 is 0 Å². The molecule has 0 aliphatic rings. The van der Waals surface area contributed by atoms with E-state index in [-0.39, 0.29) is 30.7 Å². The highest BCUT2D eigenvalue weighted by molar-refractivity contribution is 5.85. The number of nitrogens with zero attached hydrogens (tertiary/aromatic N) is 1. The normalized spacial score (nSPS) is 11.2. The highest BCUT2D eigenvalue weighted by Crippen LogP contribution is 2.14. The number of aryl methyl sites for hydroxylation is 1. The summed E-state index contributed by atoms with van der Waals surface area (Å²) in [5, 5.41) is 2.89. The molecule has 2 aromatic carbocycles. The van der Waals surface area contributed by atoms with Crippen molar-refractivity contribution in [2.75, 3.05) is 26.2 Å². The van der Waals surface area contributed by atoms with Crippen LogP contribution in [0, 0.1) is 6.92 Å². The number of carbonyl (C=O) groups is 1. The molecule has 0 aromatic heterocycles. The van der Waals surface area contributed by atoms with Crippen LogP contribution in [0.4, 0.5) is 0 Å². The van der Waals surface area contributed by atoms with Crippen molar-refractivity contribution in [1.29, 1.82) is 0 Å². The largest absolute Gasteiger partial charge is 0.492 e. The highest BCUT2D eigenvalue weighted by Gasteiger charge is 2.15. The summed E-state index contributed by atoms with van der Waals surface area (Å²) < 4.78 is 5.78. The minimum atomic E-state index is -0.659. The lowest BCUT2D eigenvalue weighted by Crippen LogP contribution is -2.33. The van der Waals surface area contributed by atoms with Gasteiger partial charge >= 0.3 is 0 Å². The maximum absolute atomic E-state index is 12.3. The quantitative estimate of drug-likeness (QED) is 0.586. The van der Waals surface area contributed by atoms with Gasteiger partial charge in [0.15, 0.2) is 0 Å². The third-order valence-electron chi connectivity index (χ3n) is 4.68. The van der Waals surface area contributed by atoms with E-state index < -0.39 is 6.04 Å². The van der Waals surface area contributed by atoms with Gasteiger partial charge in [0.2, 0.25) is 5.91 Å². The summed E-state index contributed by atoms with van der Waals surface area (Å²) in [6.45, 7) is 10.4. The van der Waals surface area contributed by atoms with Crippen LogP contribution in [0.5, 0.6) is 5.75 Å². The summed E-state index contributed by atoms with van der Waals surface area (Å²) in [7, 11) is 0. The number of nitrogens with one attached hydrogen (secondary N) is 1. The third kappa shape index (κ3) is 9.05. The molecule has 7 heteroatoms. The molecule has 0 heterocycles. The Hall–Kier alpha value is -1.79. The summed E-state index contributed by atoms with van der Waals surface area (Å²) in [6.07, 6.45) is 0. The molecule has 0 aliphatic carbocycles. The van der Waals surface area contributed by atoms with Gasteiger partial charge in [-0.05, 0) is 43.3 Å². The summed E-state index contributed by atoms with van der Waals surface area (Å²) in [6, 6.07) is 14.8. The Morgan fingerprint density at radius 3 is 2.17 bits per heavy atom. The second-order valence-corrected chi connectivity index (χ2v) is 6.63. The number of hydrogen-bond acceptors (Lipinski definition) is 4. The second-order valence-electron chi connectivity index (χ2n) is 6.63. The zero-order valence-electron chi connectivity index (χ0n) is 17.4. The van der Waals surface area contributed by atoms with Crippen LogP contribution in [0.1, 0.15) is 36.6 Å². The molecule has 1 amide bonds. The summed E-state index contributed by atoms with van der Waals surface area (Å²) >= 11 is 0. The minimum Gasteiger partial charge on any atom is -0.492 e. The first-order valence-corrected chi connectivity index (χ1v) is 9.57. The number of ether oxygens (including phenoxy) is 1. The van der Waals surface area contributed by atoms with Crippen LogP contribution in [0.3, 0.4) is 0 Å². The molecule has 1 atom stereocenters. The van der Waals surface area contributed by atoms with Crippen LogP contribution in [0.15, 0.2) is 48.5 Å². The van der Waals surface area contributed by atoms with Crippen LogP contribution >= 0.6 is 24.8 Å². The fourth-order valence-electron chi connectivity index (χ4n) is 2.76. The lowest BCUT2D eigenvalue weighted by molar-refractivity contribution is -0.122. The van der Waals surface area contributed by atoms with Gasteiger partial charge in [-0.15, -0.1) is 24.8 Å². The Morgan fingerprint density at radius 2 is 1.62 bits per heavy atom. The number of hydrogen-bond donors (Lipinski definition) is 2. The number of rotatable bonds is 10. The van der Waals surface area contributed by atoms with Crippen molar-refractivity contribution < 1.29 is 9.53 Å². The van der Waals surface area contributed by atoms with Crippen molar-refractivity contribution >= 4 is 30.7 Å². The van der Waals surface area contributed by atoms with Crippen molar-refractivity contribution in [2.45, 2.75) is 33.4 Å². The SMILES string of the molecule is CCN(CC)CCOc1ccc(CNC(=O)C(N)c2ccc(C)cc2)cc1.Cl.Cl. The van der Waals surface area contributed by atoms with Gasteiger partial charge in [-0.1, -0.05) is 55.8 Å². The highest BCUT2D eigenvalue weighted by atomic mass is 35.5. The van der Waals surface area contributed by atoms with Gasteiger partial charge in [-0.2, -0.15) is 0 Å². The molecule has 0 fully saturated rings. The van der Waals surface area contributed by atoms with Crippen molar-refractivity contribution in [3.05, 3.63) is 65.2 Å². The van der Waals surface area contributed by atoms with Gasteiger partial charge in [-0.3, -0.25) is 4.79 Å². The first-order chi connectivity index (χ1) is 13.0. The Morgan fingerprint density at radius 1 is 1.03 bits per heavy atom. The first kappa shape index (κ1) is 27.2. The number of likely N-dealkylation sites (N-methyl/N-ethyl adjacent to an activating group) is 1. The van der Waals surface area contributed by atoms with Crippen LogP contribution < -0.4 is 15.8 Å². The minimum absolute atomic E-state index is 0. The van der Waals surface area contributed by atoms with Gasteiger partial charge in [0.05, 0.1) is 0 Å². The van der Waals surface area contributed by atoms with Gasteiger partial charge in [-0.25, -0.2) is 0 Å². The molecule has 0 saturated heterocycles. The van der Waals surface area contributed by atoms with E-state index in [1.54, 1.807) is 0 Å². The summed E-state index contributed by atoms with van der Waals surface area (Å²) in [5.74, 6) is 0.659. The van der Waals surface area contributed by atoms with E-state index in [1.807, 2.05) is 55.5 Å². The van der Waals surface area contributed by atoms with E-state index in [0.29, 0.717) is 13.2 Å². The summed E-state index contributed by atoms with van der Waals surface area (Å²) in [5.41, 5.74) is 9.01. The Labute approximate surface area is 186 Å². The molecule has 2 aromatic rings. The van der Waals surface area contributed by atoms with Crippen LogP contribution in [-0.4, -0.2) is 37.0 Å². The molecule has 1 unspecified atom stereocenters. The number of carbonyl (C=O) groups excluding carboxylic acids is 1. The topological polar surface area (TPSA) is 67.6 Å². The van der Waals surface area contributed by atoms with E-state index in [2.05, 4.69) is 24.1 Å². The van der Waals surface area contributed by atoms with Crippen molar-refractivity contribution in [2.24, 2.45) is 5.73 Å². The number of amides is 1. The average molecular weight is 442 g/mol. The fraction of sp³-hybridized carbons (Fsp3) is 0.409. The number of benzene rings is 2. The van der Waals surface area contributed by atoms with Crippen LogP contribution in [-0.2, 0) is 11.3 Å². The zero-order chi connectivity index (χ0) is 19.6. The van der Waals surface area contributed by atoms with Gasteiger partial charge in [0, 0.05) is 13.1 Å². The van der Waals surface area contributed by atoms with Gasteiger partial charge in [0.25, 0.3) is 0 Å². The lowest BCUT2D eigenvalue weighted by Gasteiger charge is -2.18. The molecule has 3 N–H and O–H groups in total. The van der Waals surface area contributed by atoms with E-state index in [1.165, 1.54) is 0 Å². The lowest BCUT2D eigenvalue weighted by atomic mass is 10.1. The smallest absolute Gasteiger partial charge is 0.241 e. The predicted molar refractivity (Wildman–Crippen MR) is 124 cm³/mol. The number of nitrogens with two attached hydrogens (primary N) is 1. The molecule has 0 radical (unpaired) electrons. The van der Waals surface area contributed by atoms with Crippen LogP contribution in [0.25, 0.3) is 0 Å². The third-order valence-corrected chi connectivity index (χ3v) is 4.68. The zero-order valence-corrected chi connectivity index (χ0v) is 19.0. The monoisotopic (exact) mass is 441 g/mol. The van der Waals surface area contributed by atoms with Gasteiger partial charge < -0.3 is 20.7 Å². The van der Waals surface area contributed by atoms with E-state index in [9.17, 15) is 4.79 Å². The van der Waals surface area contributed by atoms with E-state index in [0.717, 1.165) is 42.1 Å². The Bertz CT molecular complexity index is 705. The Balaban J connectivity index is 0.00000392. The Kier molecular flexibility index (Phi) is 13.4. The average Bonchev–Trinajstić information content (AvgIpc) is 2.70. The maximum atomic E-state index is 12.3. The molecule has 5 nitrogen and oxygen atoms in total. The molecule has 2 rings (SSSR count). The van der Waals surface area contributed by atoms with Crippen LogP contribution in [0.2, 0.25) is 0 Å². The number of halogens is 2. The molecular weight excluding hydrogens is 409 g/mol.